The molecule has 8 heteroatoms. The Morgan fingerprint density at radius 3 is 2.88 bits per heavy atom. The van der Waals surface area contributed by atoms with Gasteiger partial charge >= 0.3 is 0 Å². The third-order valence-electron chi connectivity index (χ3n) is 4.18. The first-order chi connectivity index (χ1) is 11.9. The molecule has 1 N–H and O–H groups in total. The topological polar surface area (TPSA) is 89.3 Å². The fourth-order valence-electron chi connectivity index (χ4n) is 2.66. The van der Waals surface area contributed by atoms with Gasteiger partial charge in [0.1, 0.15) is 16.3 Å². The van der Waals surface area contributed by atoms with Crippen LogP contribution >= 0.6 is 11.3 Å². The molecule has 1 amide bonds. The average Bonchev–Trinajstić information content (AvgIpc) is 3.12. The van der Waals surface area contributed by atoms with Crippen molar-refractivity contribution in [3.8, 4) is 0 Å². The van der Waals surface area contributed by atoms with Crippen LogP contribution < -0.4 is 5.32 Å². The summed E-state index contributed by atoms with van der Waals surface area (Å²) < 4.78 is 30.9. The minimum Gasteiger partial charge on any atom is -0.451 e. The summed E-state index contributed by atoms with van der Waals surface area (Å²) in [4.78, 5) is 16.5. The number of nitrogens with zero attached hydrogens (tertiary/aromatic N) is 1. The molecule has 2 aromatic heterocycles. The monoisotopic (exact) mass is 376 g/mol. The second-order valence-corrected chi connectivity index (χ2v) is 9.12. The largest absolute Gasteiger partial charge is 0.451 e. The number of furan rings is 1. The zero-order chi connectivity index (χ0) is 17.6. The van der Waals surface area contributed by atoms with Crippen LogP contribution in [0.1, 0.15) is 34.0 Å². The first-order valence-electron chi connectivity index (χ1n) is 7.89. The number of carbonyl (C=O) groups is 1. The highest BCUT2D eigenvalue weighted by Gasteiger charge is 2.27. The van der Waals surface area contributed by atoms with Gasteiger partial charge in [0.25, 0.3) is 5.91 Å². The van der Waals surface area contributed by atoms with E-state index in [4.69, 9.17) is 4.42 Å². The molecular weight excluding hydrogens is 360 g/mol. The zero-order valence-corrected chi connectivity index (χ0v) is 15.1. The van der Waals surface area contributed by atoms with Crippen molar-refractivity contribution < 1.29 is 17.6 Å². The number of amides is 1. The lowest BCUT2D eigenvalue weighted by Gasteiger charge is -2.02. The molecule has 2 heterocycles. The zero-order valence-electron chi connectivity index (χ0n) is 13.5. The fraction of sp³-hybridized carbons (Fsp3) is 0.294. The Hall–Kier alpha value is -2.19. The summed E-state index contributed by atoms with van der Waals surface area (Å²) in [6.45, 7) is 1.77. The van der Waals surface area contributed by atoms with Crippen LogP contribution in [-0.4, -0.2) is 25.4 Å². The summed E-state index contributed by atoms with van der Waals surface area (Å²) in [5.41, 5.74) is 1.16. The summed E-state index contributed by atoms with van der Waals surface area (Å²) in [7, 11) is -3.51. The number of carbonyl (C=O) groups excluding carboxylic acids is 1. The molecule has 130 valence electrons. The quantitative estimate of drug-likeness (QED) is 0.739. The highest BCUT2D eigenvalue weighted by molar-refractivity contribution is 7.90. The van der Waals surface area contributed by atoms with E-state index in [1.54, 1.807) is 30.6 Å². The summed E-state index contributed by atoms with van der Waals surface area (Å²) in [5, 5.41) is 5.83. The van der Waals surface area contributed by atoms with E-state index in [0.717, 1.165) is 12.8 Å². The Morgan fingerprint density at radius 1 is 1.40 bits per heavy atom. The van der Waals surface area contributed by atoms with E-state index in [-0.39, 0.29) is 28.4 Å². The number of sulfone groups is 1. The van der Waals surface area contributed by atoms with Crippen molar-refractivity contribution in [1.29, 1.82) is 0 Å². The fourth-order valence-corrected chi connectivity index (χ4v) is 4.94. The first-order valence-corrected chi connectivity index (χ1v) is 10.4. The Bertz CT molecular complexity index is 1050. The van der Waals surface area contributed by atoms with Crippen LogP contribution in [-0.2, 0) is 15.6 Å². The van der Waals surface area contributed by atoms with E-state index in [1.165, 1.54) is 17.4 Å². The molecule has 25 heavy (non-hydrogen) atoms. The Morgan fingerprint density at radius 2 is 2.20 bits per heavy atom. The van der Waals surface area contributed by atoms with Crippen molar-refractivity contribution in [2.45, 2.75) is 36.5 Å². The third kappa shape index (κ3) is 3.19. The van der Waals surface area contributed by atoms with Crippen LogP contribution in [0.2, 0.25) is 0 Å². The summed E-state index contributed by atoms with van der Waals surface area (Å²) in [5.74, 6) is -0.137. The SMILES string of the molecule is Cc1c(C(=O)NC2CC2)oc2ccc(S(=O)(=O)Cc3nccs3)cc12. The lowest BCUT2D eigenvalue weighted by Crippen LogP contribution is -2.25. The van der Waals surface area contributed by atoms with Crippen molar-refractivity contribution >= 4 is 38.1 Å². The van der Waals surface area contributed by atoms with Crippen LogP contribution in [0.5, 0.6) is 0 Å². The number of fused-ring (bicyclic) bond motifs is 1. The summed E-state index contributed by atoms with van der Waals surface area (Å²) in [6, 6.07) is 4.92. The van der Waals surface area contributed by atoms with Crippen LogP contribution in [0.3, 0.4) is 0 Å². The molecule has 3 aromatic rings. The third-order valence-corrected chi connectivity index (χ3v) is 6.77. The van der Waals surface area contributed by atoms with Crippen LogP contribution in [0.4, 0.5) is 0 Å². The van der Waals surface area contributed by atoms with Crippen LogP contribution in [0, 0.1) is 6.92 Å². The number of aromatic nitrogens is 1. The first kappa shape index (κ1) is 16.3. The van der Waals surface area contributed by atoms with E-state index >= 15 is 0 Å². The molecule has 0 bridgehead atoms. The van der Waals surface area contributed by atoms with Gasteiger partial charge in [0.2, 0.25) is 0 Å². The number of aryl methyl sites for hydroxylation is 1. The maximum absolute atomic E-state index is 12.6. The summed E-state index contributed by atoms with van der Waals surface area (Å²) in [6.07, 6.45) is 3.57. The number of nitrogens with one attached hydrogen (secondary N) is 1. The number of benzene rings is 1. The molecule has 0 radical (unpaired) electrons. The maximum atomic E-state index is 12.6. The molecule has 4 rings (SSSR count). The molecule has 0 spiro atoms. The average molecular weight is 376 g/mol. The van der Waals surface area contributed by atoms with Gasteiger partial charge in [-0.15, -0.1) is 11.3 Å². The van der Waals surface area contributed by atoms with E-state index < -0.39 is 9.84 Å². The van der Waals surface area contributed by atoms with Gasteiger partial charge in [-0.05, 0) is 38.0 Å². The van der Waals surface area contributed by atoms with E-state index in [0.29, 0.717) is 21.5 Å². The molecule has 1 fully saturated rings. The summed E-state index contributed by atoms with van der Waals surface area (Å²) >= 11 is 1.31. The predicted molar refractivity (Wildman–Crippen MR) is 94.4 cm³/mol. The number of hydrogen-bond acceptors (Lipinski definition) is 6. The smallest absolute Gasteiger partial charge is 0.287 e. The number of thiazole rings is 1. The van der Waals surface area contributed by atoms with Crippen LogP contribution in [0.25, 0.3) is 11.0 Å². The van der Waals surface area contributed by atoms with Gasteiger partial charge < -0.3 is 9.73 Å². The van der Waals surface area contributed by atoms with E-state index in [1.807, 2.05) is 0 Å². The molecule has 0 aliphatic heterocycles. The highest BCUT2D eigenvalue weighted by atomic mass is 32.2. The van der Waals surface area contributed by atoms with Gasteiger partial charge in [-0.3, -0.25) is 4.79 Å². The molecule has 0 atom stereocenters. The van der Waals surface area contributed by atoms with Crippen molar-refractivity contribution in [3.63, 3.8) is 0 Å². The molecule has 1 saturated carbocycles. The van der Waals surface area contributed by atoms with Crippen LogP contribution in [0.15, 0.2) is 39.1 Å². The van der Waals surface area contributed by atoms with Gasteiger partial charge in [0.15, 0.2) is 15.6 Å². The molecule has 6 nitrogen and oxygen atoms in total. The van der Waals surface area contributed by atoms with Gasteiger partial charge in [-0.2, -0.15) is 0 Å². The van der Waals surface area contributed by atoms with Crippen molar-refractivity contribution in [2.75, 3.05) is 0 Å². The van der Waals surface area contributed by atoms with Crippen molar-refractivity contribution in [1.82, 2.24) is 10.3 Å². The van der Waals surface area contributed by atoms with Gasteiger partial charge in [0.05, 0.1) is 4.90 Å². The number of hydrogen-bond donors (Lipinski definition) is 1. The normalized spacial score (nSPS) is 14.8. The van der Waals surface area contributed by atoms with Gasteiger partial charge in [-0.25, -0.2) is 13.4 Å². The minimum atomic E-state index is -3.51. The Kier molecular flexibility index (Phi) is 3.88. The maximum Gasteiger partial charge on any atom is 0.287 e. The van der Waals surface area contributed by atoms with Gasteiger partial charge in [0, 0.05) is 28.6 Å². The second-order valence-electron chi connectivity index (χ2n) is 6.15. The molecule has 1 aliphatic carbocycles. The molecule has 0 saturated heterocycles. The molecule has 0 unspecified atom stereocenters. The minimum absolute atomic E-state index is 0.137. The van der Waals surface area contributed by atoms with Crippen molar-refractivity contribution in [2.24, 2.45) is 0 Å². The second kappa shape index (κ2) is 5.96. The standard InChI is InChI=1S/C17H16N2O4S2/c1-10-13-8-12(25(21,22)9-15-18-6-7-24-15)4-5-14(13)23-16(10)17(20)19-11-2-3-11/h4-8,11H,2-3,9H2,1H3,(H,19,20). The van der Waals surface area contributed by atoms with Gasteiger partial charge in [-0.1, -0.05) is 0 Å². The number of rotatable bonds is 5. The highest BCUT2D eigenvalue weighted by Crippen LogP contribution is 2.30. The Labute approximate surface area is 148 Å². The molecule has 1 aliphatic rings. The Balaban J connectivity index is 1.69. The lowest BCUT2D eigenvalue weighted by atomic mass is 10.1. The molecule has 1 aromatic carbocycles. The van der Waals surface area contributed by atoms with Crippen molar-refractivity contribution in [3.05, 3.63) is 46.1 Å². The predicted octanol–water partition coefficient (Wildman–Crippen LogP) is 3.06. The lowest BCUT2D eigenvalue weighted by molar-refractivity contribution is 0.0924. The van der Waals surface area contributed by atoms with E-state index in [2.05, 4.69) is 10.3 Å². The molecular formula is C17H16N2O4S2. The van der Waals surface area contributed by atoms with E-state index in [9.17, 15) is 13.2 Å².